The fourth-order valence-corrected chi connectivity index (χ4v) is 2.59. The Kier molecular flexibility index (Phi) is 6.26. The van der Waals surface area contributed by atoms with Crippen molar-refractivity contribution in [2.75, 3.05) is 7.11 Å². The third-order valence-corrected chi connectivity index (χ3v) is 4.86. The van der Waals surface area contributed by atoms with Gasteiger partial charge in [0, 0.05) is 0 Å². The molecule has 0 N–H and O–H groups in total. The molecule has 0 aliphatic rings. The number of aromatic nitrogens is 2. The highest BCUT2D eigenvalue weighted by atomic mass is 35.5. The summed E-state index contributed by atoms with van der Waals surface area (Å²) in [5.41, 5.74) is 0.848. The molecule has 2 aromatic rings. The molecule has 2 rings (SSSR count). The van der Waals surface area contributed by atoms with E-state index in [1.807, 2.05) is 32.9 Å². The maximum atomic E-state index is 12.2. The molecule has 0 saturated carbocycles. The van der Waals surface area contributed by atoms with E-state index in [0.717, 1.165) is 11.3 Å². The quantitative estimate of drug-likeness (QED) is 0.589. The molecule has 1 aromatic carbocycles. The lowest BCUT2D eigenvalue weighted by atomic mass is 10.2. The minimum atomic E-state index is -1.41. The van der Waals surface area contributed by atoms with Crippen molar-refractivity contribution in [2.45, 2.75) is 32.1 Å². The van der Waals surface area contributed by atoms with Gasteiger partial charge < -0.3 is 9.29 Å². The summed E-state index contributed by atoms with van der Waals surface area (Å²) in [6, 6.07) is 8.71. The second-order valence-corrected chi connectivity index (χ2v) is 8.67. The zero-order chi connectivity index (χ0) is 18.6. The summed E-state index contributed by atoms with van der Waals surface area (Å²) in [5.74, 6) is 0.729. The van der Waals surface area contributed by atoms with Gasteiger partial charge in [0.1, 0.15) is 38.8 Å². The van der Waals surface area contributed by atoms with Crippen molar-refractivity contribution in [3.8, 4) is 5.75 Å². The fourth-order valence-electron chi connectivity index (χ4n) is 1.86. The number of hydrogen-bond acceptors (Lipinski definition) is 5. The van der Waals surface area contributed by atoms with Gasteiger partial charge in [0.2, 0.25) is 0 Å². The summed E-state index contributed by atoms with van der Waals surface area (Å²) in [6.07, 6.45) is 1.37. The van der Waals surface area contributed by atoms with Gasteiger partial charge in [0.25, 0.3) is 5.56 Å². The van der Waals surface area contributed by atoms with Crippen molar-refractivity contribution in [3.05, 3.63) is 57.0 Å². The zero-order valence-electron chi connectivity index (χ0n) is 14.5. The number of rotatable bonds is 5. The Labute approximate surface area is 154 Å². The van der Waals surface area contributed by atoms with Crippen LogP contribution in [0.3, 0.4) is 0 Å². The smallest absolute Gasteiger partial charge is 0.285 e. The monoisotopic (exact) mass is 381 g/mol. The lowest BCUT2D eigenvalue weighted by molar-refractivity contribution is 0.414. The highest BCUT2D eigenvalue weighted by Gasteiger charge is 2.25. The van der Waals surface area contributed by atoms with Crippen LogP contribution >= 0.6 is 11.6 Å². The predicted octanol–water partition coefficient (Wildman–Crippen LogP) is 2.83. The van der Waals surface area contributed by atoms with Crippen LogP contribution in [0.2, 0.25) is 5.02 Å². The van der Waals surface area contributed by atoms with Crippen molar-refractivity contribution in [1.82, 2.24) is 9.78 Å². The second kappa shape index (κ2) is 8.03. The topological polar surface area (TPSA) is 79.5 Å². The summed E-state index contributed by atoms with van der Waals surface area (Å²) in [6.45, 7) is 5.73. The highest BCUT2D eigenvalue weighted by Crippen LogP contribution is 2.17. The van der Waals surface area contributed by atoms with E-state index in [0.29, 0.717) is 5.69 Å². The maximum absolute atomic E-state index is 12.2. The third kappa shape index (κ3) is 5.32. The van der Waals surface area contributed by atoms with Gasteiger partial charge in [0.15, 0.2) is 0 Å². The SMILES string of the molecule is COc1ccc(Cn2nc(/C=N/[S+]([O-])C(C)(C)C)cc(Cl)c2=O)cc1. The Bertz CT molecular complexity index is 813. The second-order valence-electron chi connectivity index (χ2n) is 6.32. The average molecular weight is 382 g/mol. The summed E-state index contributed by atoms with van der Waals surface area (Å²) < 4.78 is 21.9. The van der Waals surface area contributed by atoms with Crippen LogP contribution in [0.25, 0.3) is 0 Å². The van der Waals surface area contributed by atoms with E-state index < -0.39 is 21.7 Å². The molecule has 134 valence electrons. The number of methoxy groups -OCH3 is 1. The molecule has 0 fully saturated rings. The molecule has 8 heteroatoms. The minimum absolute atomic E-state index is 0.0338. The first-order chi connectivity index (χ1) is 11.7. The molecule has 0 radical (unpaired) electrons. The molecule has 0 spiro atoms. The summed E-state index contributed by atoms with van der Waals surface area (Å²) in [7, 11) is 1.59. The van der Waals surface area contributed by atoms with E-state index >= 15 is 0 Å². The lowest BCUT2D eigenvalue weighted by Gasteiger charge is -2.17. The van der Waals surface area contributed by atoms with Crippen LogP contribution in [0, 0.1) is 0 Å². The van der Waals surface area contributed by atoms with Gasteiger partial charge in [-0.1, -0.05) is 28.1 Å². The number of benzene rings is 1. The molecular formula is C17H20ClN3O3S. The van der Waals surface area contributed by atoms with E-state index in [9.17, 15) is 9.35 Å². The first kappa shape index (κ1) is 19.5. The zero-order valence-corrected chi connectivity index (χ0v) is 16.1. The van der Waals surface area contributed by atoms with Gasteiger partial charge >= 0.3 is 0 Å². The Morgan fingerprint density at radius 2 is 2.00 bits per heavy atom. The number of nitrogens with zero attached hydrogens (tertiary/aromatic N) is 3. The van der Waals surface area contributed by atoms with Gasteiger partial charge in [-0.2, -0.15) is 5.10 Å². The summed E-state index contributed by atoms with van der Waals surface area (Å²) in [4.78, 5) is 12.2. The largest absolute Gasteiger partial charge is 0.591 e. The van der Waals surface area contributed by atoms with Crippen LogP contribution in [-0.2, 0) is 17.9 Å². The van der Waals surface area contributed by atoms with Gasteiger partial charge in [-0.05, 0) is 44.5 Å². The van der Waals surface area contributed by atoms with E-state index in [4.69, 9.17) is 16.3 Å². The molecule has 1 heterocycles. The maximum Gasteiger partial charge on any atom is 0.285 e. The van der Waals surface area contributed by atoms with Crippen molar-refractivity contribution in [1.29, 1.82) is 0 Å². The Hall–Kier alpha value is -1.83. The van der Waals surface area contributed by atoms with Crippen LogP contribution in [0.5, 0.6) is 5.75 Å². The Morgan fingerprint density at radius 1 is 1.36 bits per heavy atom. The van der Waals surface area contributed by atoms with Crippen molar-refractivity contribution in [3.63, 3.8) is 0 Å². The van der Waals surface area contributed by atoms with E-state index in [-0.39, 0.29) is 11.6 Å². The number of hydrogen-bond donors (Lipinski definition) is 0. The molecule has 1 atom stereocenters. The van der Waals surface area contributed by atoms with E-state index in [2.05, 4.69) is 9.50 Å². The van der Waals surface area contributed by atoms with Crippen LogP contribution in [0.1, 0.15) is 32.0 Å². The van der Waals surface area contributed by atoms with Gasteiger partial charge in [-0.15, -0.1) is 0 Å². The van der Waals surface area contributed by atoms with Gasteiger partial charge in [-0.25, -0.2) is 4.68 Å². The summed E-state index contributed by atoms with van der Waals surface area (Å²) in [5, 5.41) is 4.26. The molecule has 0 saturated heterocycles. The fraction of sp³-hybridized carbons (Fsp3) is 0.353. The van der Waals surface area contributed by atoms with Crippen LogP contribution in [-0.4, -0.2) is 32.4 Å². The summed E-state index contributed by atoms with van der Waals surface area (Å²) >= 11 is 4.59. The lowest BCUT2D eigenvalue weighted by Crippen LogP contribution is -2.27. The molecule has 1 unspecified atom stereocenters. The standard InChI is InChI=1S/C17H20ClN3O3S/c1-17(2,3)25(23)19-10-13-9-15(18)16(22)21(20-13)11-12-5-7-14(24-4)8-6-12/h5-10H,11H2,1-4H3/b19-10+. The van der Waals surface area contributed by atoms with E-state index in [1.165, 1.54) is 17.0 Å². The first-order valence-corrected chi connectivity index (χ1v) is 9.06. The molecule has 25 heavy (non-hydrogen) atoms. The van der Waals surface area contributed by atoms with Crippen molar-refractivity contribution in [2.24, 2.45) is 4.40 Å². The Morgan fingerprint density at radius 3 is 2.56 bits per heavy atom. The molecule has 0 amide bonds. The normalized spacial score (nSPS) is 13.2. The van der Waals surface area contributed by atoms with Gasteiger partial charge in [0.05, 0.1) is 13.7 Å². The van der Waals surface area contributed by atoms with Gasteiger partial charge in [-0.3, -0.25) is 4.79 Å². The van der Waals surface area contributed by atoms with Crippen LogP contribution in [0.15, 0.2) is 39.5 Å². The Balaban J connectivity index is 2.28. The van der Waals surface area contributed by atoms with E-state index in [1.54, 1.807) is 19.2 Å². The first-order valence-electron chi connectivity index (χ1n) is 7.57. The molecule has 0 aliphatic carbocycles. The number of ether oxygens (including phenoxy) is 1. The predicted molar refractivity (Wildman–Crippen MR) is 101 cm³/mol. The molecule has 0 aliphatic heterocycles. The third-order valence-electron chi connectivity index (χ3n) is 3.25. The van der Waals surface area contributed by atoms with Crippen molar-refractivity contribution >= 4 is 29.2 Å². The molecule has 1 aromatic heterocycles. The van der Waals surface area contributed by atoms with Crippen molar-refractivity contribution < 1.29 is 9.29 Å². The molecular weight excluding hydrogens is 362 g/mol. The van der Waals surface area contributed by atoms with Crippen LogP contribution in [0.4, 0.5) is 0 Å². The van der Waals surface area contributed by atoms with Crippen LogP contribution < -0.4 is 10.3 Å². The molecule has 6 nitrogen and oxygen atoms in total. The highest BCUT2D eigenvalue weighted by molar-refractivity contribution is 7.91. The number of halogens is 1. The average Bonchev–Trinajstić information content (AvgIpc) is 2.56. The minimum Gasteiger partial charge on any atom is -0.591 e. The molecule has 0 bridgehead atoms.